The van der Waals surface area contributed by atoms with Gasteiger partial charge in [-0.15, -0.1) is 0 Å². The minimum Gasteiger partial charge on any atom is -0.480 e. The summed E-state index contributed by atoms with van der Waals surface area (Å²) in [4.78, 5) is 12.5. The van der Waals surface area contributed by atoms with E-state index in [1.54, 1.807) is 31.0 Å². The predicted octanol–water partition coefficient (Wildman–Crippen LogP) is 1.05. The quantitative estimate of drug-likeness (QED) is 0.798. The fourth-order valence-corrected chi connectivity index (χ4v) is 4.60. The summed E-state index contributed by atoms with van der Waals surface area (Å²) in [5, 5.41) is 9.20. The zero-order valence-electron chi connectivity index (χ0n) is 13.6. The van der Waals surface area contributed by atoms with E-state index in [9.17, 15) is 13.2 Å². The zero-order valence-corrected chi connectivity index (χ0v) is 15.2. The summed E-state index contributed by atoms with van der Waals surface area (Å²) < 4.78 is 32.7. The summed E-state index contributed by atoms with van der Waals surface area (Å²) in [5.74, 6) is -0.938. The van der Waals surface area contributed by atoms with Crippen LogP contribution in [-0.2, 0) is 19.6 Å². The molecule has 0 spiro atoms. The van der Waals surface area contributed by atoms with Crippen molar-refractivity contribution in [2.24, 2.45) is 0 Å². The fourth-order valence-electron chi connectivity index (χ4n) is 2.67. The van der Waals surface area contributed by atoms with E-state index in [4.69, 9.17) is 21.4 Å². The maximum atomic E-state index is 12.9. The highest BCUT2D eigenvalue weighted by Gasteiger charge is 2.32. The maximum Gasteiger partial charge on any atom is 0.317 e. The maximum absolute atomic E-state index is 12.9. The number of nitrogens with zero attached hydrogens (tertiary/aromatic N) is 2. The highest BCUT2D eigenvalue weighted by Crippen LogP contribution is 2.26. The lowest BCUT2D eigenvalue weighted by atomic mass is 10.2. The van der Waals surface area contributed by atoms with E-state index < -0.39 is 16.0 Å². The fraction of sp³-hybridized carbons (Fsp3) is 0.533. The molecule has 0 aromatic heterocycles. The third-order valence-electron chi connectivity index (χ3n) is 3.86. The van der Waals surface area contributed by atoms with Crippen LogP contribution in [0.3, 0.4) is 0 Å². The number of likely N-dealkylation sites (N-methyl/N-ethyl adjacent to an activating group) is 1. The van der Waals surface area contributed by atoms with Crippen LogP contribution < -0.4 is 0 Å². The third kappa shape index (κ3) is 4.46. The Morgan fingerprint density at radius 1 is 1.50 bits per heavy atom. The topological polar surface area (TPSA) is 87.2 Å². The molecule has 7 nitrogen and oxygen atoms in total. The second kappa shape index (κ2) is 7.79. The number of morpholine rings is 1. The molecule has 1 aromatic rings. The van der Waals surface area contributed by atoms with E-state index in [0.29, 0.717) is 17.1 Å². The molecule has 134 valence electrons. The van der Waals surface area contributed by atoms with Gasteiger partial charge in [-0.1, -0.05) is 17.7 Å². The number of halogens is 1. The lowest BCUT2D eigenvalue weighted by Crippen LogP contribution is -2.49. The van der Waals surface area contributed by atoms with Crippen LogP contribution >= 0.6 is 11.6 Å². The number of rotatable bonds is 6. The summed E-state index contributed by atoms with van der Waals surface area (Å²) in [6.45, 7) is 2.59. The van der Waals surface area contributed by atoms with E-state index >= 15 is 0 Å². The molecular formula is C15H21ClN2O5S. The SMILES string of the molecule is Cc1c(Cl)cccc1S(=O)(=O)N1CCOC(CN(C)CC(=O)O)C1. The summed E-state index contributed by atoms with van der Waals surface area (Å²) in [6.07, 6.45) is -0.377. The Morgan fingerprint density at radius 2 is 2.21 bits per heavy atom. The molecule has 2 rings (SSSR count). The Hall–Kier alpha value is -1.19. The summed E-state index contributed by atoms with van der Waals surface area (Å²) >= 11 is 6.03. The lowest BCUT2D eigenvalue weighted by Gasteiger charge is -2.34. The molecule has 0 radical (unpaired) electrons. The van der Waals surface area contributed by atoms with Gasteiger partial charge in [-0.2, -0.15) is 4.31 Å². The first kappa shape index (κ1) is 19.1. The zero-order chi connectivity index (χ0) is 17.9. The average molecular weight is 377 g/mol. The van der Waals surface area contributed by atoms with Crippen molar-refractivity contribution in [2.75, 3.05) is 39.8 Å². The lowest BCUT2D eigenvalue weighted by molar-refractivity contribution is -0.138. The standard InChI is InChI=1S/C15H21ClN2O5S/c1-11-13(16)4-3-5-14(11)24(21,22)18-6-7-23-12(9-18)8-17(2)10-15(19)20/h3-5,12H,6-10H2,1-2H3,(H,19,20). The van der Waals surface area contributed by atoms with Gasteiger partial charge >= 0.3 is 5.97 Å². The Kier molecular flexibility index (Phi) is 6.22. The first-order valence-electron chi connectivity index (χ1n) is 7.49. The van der Waals surface area contributed by atoms with Crippen LogP contribution in [0.25, 0.3) is 0 Å². The van der Waals surface area contributed by atoms with Gasteiger partial charge in [0.1, 0.15) is 0 Å². The molecule has 9 heteroatoms. The number of benzene rings is 1. The molecule has 0 aliphatic carbocycles. The number of hydrogen-bond donors (Lipinski definition) is 1. The molecule has 1 heterocycles. The molecule has 1 aliphatic heterocycles. The Morgan fingerprint density at radius 3 is 2.88 bits per heavy atom. The smallest absolute Gasteiger partial charge is 0.317 e. The third-order valence-corrected chi connectivity index (χ3v) is 6.28. The van der Waals surface area contributed by atoms with E-state index in [2.05, 4.69) is 0 Å². The molecule has 1 N–H and O–H groups in total. The molecule has 1 saturated heterocycles. The van der Waals surface area contributed by atoms with Crippen molar-refractivity contribution in [1.29, 1.82) is 0 Å². The van der Waals surface area contributed by atoms with Crippen LogP contribution in [-0.4, -0.2) is 74.6 Å². The highest BCUT2D eigenvalue weighted by atomic mass is 35.5. The Balaban J connectivity index is 2.13. The van der Waals surface area contributed by atoms with E-state index in [0.717, 1.165) is 0 Å². The molecule has 24 heavy (non-hydrogen) atoms. The van der Waals surface area contributed by atoms with Gasteiger partial charge in [-0.3, -0.25) is 9.69 Å². The van der Waals surface area contributed by atoms with Crippen molar-refractivity contribution in [2.45, 2.75) is 17.9 Å². The first-order chi connectivity index (χ1) is 11.2. The van der Waals surface area contributed by atoms with Crippen molar-refractivity contribution in [3.63, 3.8) is 0 Å². The van der Waals surface area contributed by atoms with E-state index in [1.807, 2.05) is 0 Å². The second-order valence-electron chi connectivity index (χ2n) is 5.81. The minimum atomic E-state index is -3.67. The summed E-state index contributed by atoms with van der Waals surface area (Å²) in [5.41, 5.74) is 0.519. The van der Waals surface area contributed by atoms with Gasteiger partial charge < -0.3 is 9.84 Å². The average Bonchev–Trinajstić information content (AvgIpc) is 2.49. The number of hydrogen-bond acceptors (Lipinski definition) is 5. The van der Waals surface area contributed by atoms with Crippen LogP contribution in [0.4, 0.5) is 0 Å². The predicted molar refractivity (Wildman–Crippen MR) is 89.8 cm³/mol. The molecule has 0 saturated carbocycles. The van der Waals surface area contributed by atoms with Crippen molar-refractivity contribution in [3.05, 3.63) is 28.8 Å². The summed E-state index contributed by atoms with van der Waals surface area (Å²) in [6, 6.07) is 4.80. The minimum absolute atomic E-state index is 0.125. The number of carboxylic acids is 1. The molecular weight excluding hydrogens is 356 g/mol. The largest absolute Gasteiger partial charge is 0.480 e. The molecule has 1 aliphatic rings. The molecule has 0 bridgehead atoms. The second-order valence-corrected chi connectivity index (χ2v) is 8.12. The number of aliphatic carboxylic acids is 1. The monoisotopic (exact) mass is 376 g/mol. The number of sulfonamides is 1. The van der Waals surface area contributed by atoms with Gasteiger partial charge in [0, 0.05) is 24.7 Å². The van der Waals surface area contributed by atoms with Crippen molar-refractivity contribution >= 4 is 27.6 Å². The van der Waals surface area contributed by atoms with Gasteiger partial charge in [0.2, 0.25) is 10.0 Å². The van der Waals surface area contributed by atoms with Gasteiger partial charge in [-0.05, 0) is 31.7 Å². The molecule has 1 fully saturated rings. The van der Waals surface area contributed by atoms with Gasteiger partial charge in [-0.25, -0.2) is 8.42 Å². The van der Waals surface area contributed by atoms with Gasteiger partial charge in [0.05, 0.1) is 24.2 Å². The van der Waals surface area contributed by atoms with Crippen LogP contribution in [0.5, 0.6) is 0 Å². The number of carboxylic acid groups (broad SMARTS) is 1. The highest BCUT2D eigenvalue weighted by molar-refractivity contribution is 7.89. The molecule has 1 unspecified atom stereocenters. The normalized spacial score (nSPS) is 19.6. The Labute approximate surface area is 146 Å². The number of carbonyl (C=O) groups is 1. The van der Waals surface area contributed by atoms with Crippen LogP contribution in [0.1, 0.15) is 5.56 Å². The van der Waals surface area contributed by atoms with Crippen molar-refractivity contribution < 1.29 is 23.1 Å². The molecule has 1 atom stereocenters. The van der Waals surface area contributed by atoms with Gasteiger partial charge in [0.25, 0.3) is 0 Å². The van der Waals surface area contributed by atoms with Crippen LogP contribution in [0.2, 0.25) is 5.02 Å². The van der Waals surface area contributed by atoms with Gasteiger partial charge in [0.15, 0.2) is 0 Å². The molecule has 1 aromatic carbocycles. The molecule has 0 amide bonds. The van der Waals surface area contributed by atoms with Crippen LogP contribution in [0, 0.1) is 6.92 Å². The van der Waals surface area contributed by atoms with Crippen molar-refractivity contribution in [3.8, 4) is 0 Å². The summed E-state index contributed by atoms with van der Waals surface area (Å²) in [7, 11) is -2.01. The van der Waals surface area contributed by atoms with E-state index in [-0.39, 0.29) is 37.2 Å². The first-order valence-corrected chi connectivity index (χ1v) is 9.31. The Bertz CT molecular complexity index is 710. The van der Waals surface area contributed by atoms with Crippen LogP contribution in [0.15, 0.2) is 23.1 Å². The van der Waals surface area contributed by atoms with Crippen molar-refractivity contribution in [1.82, 2.24) is 9.21 Å². The number of ether oxygens (including phenoxy) is 1. The van der Waals surface area contributed by atoms with E-state index in [1.165, 1.54) is 10.4 Å².